The number of alkyl halides is 3. The van der Waals surface area contributed by atoms with Crippen LogP contribution in [0.1, 0.15) is 37.5 Å². The largest absolute Gasteiger partial charge is 0.416 e. The number of ether oxygens (including phenoxy) is 1. The highest BCUT2D eigenvalue weighted by Gasteiger charge is 2.36. The van der Waals surface area contributed by atoms with Crippen molar-refractivity contribution >= 4 is 0 Å². The van der Waals surface area contributed by atoms with E-state index < -0.39 is 23.9 Å². The zero-order valence-corrected chi connectivity index (χ0v) is 10.4. The predicted molar refractivity (Wildman–Crippen MR) is 62.1 cm³/mol. The Labute approximate surface area is 104 Å². The third kappa shape index (κ3) is 3.46. The molecule has 1 aromatic carbocycles. The van der Waals surface area contributed by atoms with Gasteiger partial charge in [0, 0.05) is 6.61 Å². The van der Waals surface area contributed by atoms with Crippen LogP contribution in [0.25, 0.3) is 0 Å². The number of aliphatic hydroxyl groups is 1. The van der Waals surface area contributed by atoms with Crippen LogP contribution in [-0.4, -0.2) is 17.8 Å². The average molecular weight is 262 g/mol. The second-order valence-corrected chi connectivity index (χ2v) is 3.93. The van der Waals surface area contributed by atoms with Gasteiger partial charge in [-0.1, -0.05) is 25.1 Å². The van der Waals surface area contributed by atoms with Crippen LogP contribution in [0.3, 0.4) is 0 Å². The molecule has 0 fully saturated rings. The maximum Gasteiger partial charge on any atom is 0.416 e. The van der Waals surface area contributed by atoms with E-state index >= 15 is 0 Å². The lowest BCUT2D eigenvalue weighted by Gasteiger charge is -2.24. The number of hydrogen-bond donors (Lipinski definition) is 1. The van der Waals surface area contributed by atoms with E-state index in [0.717, 1.165) is 6.07 Å². The fourth-order valence-electron chi connectivity index (χ4n) is 1.86. The molecule has 5 heteroatoms. The summed E-state index contributed by atoms with van der Waals surface area (Å²) in [5, 5.41) is 10.0. The molecule has 0 bridgehead atoms. The summed E-state index contributed by atoms with van der Waals surface area (Å²) < 4.78 is 43.7. The molecule has 0 aliphatic heterocycles. The molecule has 2 nitrogen and oxygen atoms in total. The number of hydrogen-bond acceptors (Lipinski definition) is 2. The topological polar surface area (TPSA) is 29.5 Å². The van der Waals surface area contributed by atoms with Crippen molar-refractivity contribution in [2.24, 2.45) is 0 Å². The normalized spacial score (nSPS) is 15.4. The highest BCUT2D eigenvalue weighted by Crippen LogP contribution is 2.36. The van der Waals surface area contributed by atoms with Gasteiger partial charge >= 0.3 is 6.18 Å². The van der Waals surface area contributed by atoms with Crippen molar-refractivity contribution in [1.82, 2.24) is 0 Å². The lowest BCUT2D eigenvalue weighted by molar-refractivity contribution is -0.140. The number of rotatable bonds is 5. The van der Waals surface area contributed by atoms with E-state index in [0.29, 0.717) is 13.0 Å². The second kappa shape index (κ2) is 6.20. The lowest BCUT2D eigenvalue weighted by atomic mass is 9.97. The summed E-state index contributed by atoms with van der Waals surface area (Å²) in [5.41, 5.74) is -0.944. The van der Waals surface area contributed by atoms with Gasteiger partial charge in [0.05, 0.1) is 11.7 Å². The predicted octanol–water partition coefficient (Wildman–Crippen LogP) is 3.55. The highest BCUT2D eigenvalue weighted by atomic mass is 19.4. The van der Waals surface area contributed by atoms with Crippen molar-refractivity contribution in [1.29, 1.82) is 0 Å². The van der Waals surface area contributed by atoms with Crippen LogP contribution < -0.4 is 0 Å². The number of halogens is 3. The summed E-state index contributed by atoms with van der Waals surface area (Å²) in [7, 11) is 0. The van der Waals surface area contributed by atoms with Crippen molar-refractivity contribution in [2.75, 3.05) is 6.61 Å². The van der Waals surface area contributed by atoms with Gasteiger partial charge in [0.1, 0.15) is 6.10 Å². The van der Waals surface area contributed by atoms with Gasteiger partial charge in [-0.3, -0.25) is 0 Å². The number of benzene rings is 1. The zero-order chi connectivity index (χ0) is 13.8. The summed E-state index contributed by atoms with van der Waals surface area (Å²) >= 11 is 0. The fourth-order valence-corrected chi connectivity index (χ4v) is 1.86. The van der Waals surface area contributed by atoms with Crippen LogP contribution in [0, 0.1) is 0 Å². The Morgan fingerprint density at radius 1 is 1.22 bits per heavy atom. The van der Waals surface area contributed by atoms with E-state index in [1.54, 1.807) is 13.8 Å². The summed E-state index contributed by atoms with van der Waals surface area (Å²) in [6.45, 7) is 3.86. The zero-order valence-electron chi connectivity index (χ0n) is 10.4. The molecule has 1 N–H and O–H groups in total. The fraction of sp³-hybridized carbons (Fsp3) is 0.538. The second-order valence-electron chi connectivity index (χ2n) is 3.93. The van der Waals surface area contributed by atoms with Gasteiger partial charge in [0.15, 0.2) is 0 Å². The SMILES string of the molecule is CCOC(CC)C(O)c1ccccc1C(F)(F)F. The molecule has 0 amide bonds. The molecule has 2 atom stereocenters. The summed E-state index contributed by atoms with van der Waals surface area (Å²) in [5.74, 6) is 0. The minimum Gasteiger partial charge on any atom is -0.386 e. The van der Waals surface area contributed by atoms with Gasteiger partial charge in [-0.2, -0.15) is 13.2 Å². The smallest absolute Gasteiger partial charge is 0.386 e. The molecule has 2 unspecified atom stereocenters. The molecular formula is C13H17F3O2. The monoisotopic (exact) mass is 262 g/mol. The van der Waals surface area contributed by atoms with Gasteiger partial charge in [-0.25, -0.2) is 0 Å². The standard InChI is InChI=1S/C13H17F3O2/c1-3-11(18-4-2)12(17)9-7-5-6-8-10(9)13(14,15)16/h5-8,11-12,17H,3-4H2,1-2H3. The molecule has 0 spiro atoms. The summed E-state index contributed by atoms with van der Waals surface area (Å²) in [6.07, 6.45) is -5.92. The molecule has 0 heterocycles. The molecule has 0 aliphatic rings. The van der Waals surface area contributed by atoms with Crippen molar-refractivity contribution in [2.45, 2.75) is 38.7 Å². The first-order chi connectivity index (χ1) is 8.41. The van der Waals surface area contributed by atoms with Crippen LogP contribution in [0.2, 0.25) is 0 Å². The van der Waals surface area contributed by atoms with Gasteiger partial charge in [0.25, 0.3) is 0 Å². The van der Waals surface area contributed by atoms with Gasteiger partial charge in [0.2, 0.25) is 0 Å². The minimum absolute atomic E-state index is 0.134. The summed E-state index contributed by atoms with van der Waals surface area (Å²) in [4.78, 5) is 0. The van der Waals surface area contributed by atoms with Gasteiger partial charge in [-0.15, -0.1) is 0 Å². The van der Waals surface area contributed by atoms with Crippen LogP contribution in [-0.2, 0) is 10.9 Å². The molecule has 18 heavy (non-hydrogen) atoms. The van der Waals surface area contributed by atoms with Crippen molar-refractivity contribution < 1.29 is 23.0 Å². The van der Waals surface area contributed by atoms with E-state index in [9.17, 15) is 18.3 Å². The first kappa shape index (κ1) is 15.0. The minimum atomic E-state index is -4.47. The average Bonchev–Trinajstić information content (AvgIpc) is 2.34. The molecule has 0 saturated carbocycles. The van der Waals surface area contributed by atoms with E-state index in [4.69, 9.17) is 4.74 Å². The molecule has 102 valence electrons. The summed E-state index contributed by atoms with van der Waals surface area (Å²) in [6, 6.07) is 5.04. The Morgan fingerprint density at radius 3 is 2.33 bits per heavy atom. The van der Waals surface area contributed by atoms with Crippen molar-refractivity contribution in [3.63, 3.8) is 0 Å². The molecule has 1 aromatic rings. The van der Waals surface area contributed by atoms with E-state index in [1.807, 2.05) is 0 Å². The Kier molecular flexibility index (Phi) is 5.16. The third-order valence-corrected chi connectivity index (χ3v) is 2.72. The van der Waals surface area contributed by atoms with Crippen LogP contribution in [0.4, 0.5) is 13.2 Å². The van der Waals surface area contributed by atoms with Gasteiger partial charge in [-0.05, 0) is 25.0 Å². The maximum atomic E-state index is 12.8. The Morgan fingerprint density at radius 2 is 1.83 bits per heavy atom. The van der Waals surface area contributed by atoms with Crippen molar-refractivity contribution in [3.05, 3.63) is 35.4 Å². The number of aliphatic hydroxyl groups excluding tert-OH is 1. The maximum absolute atomic E-state index is 12.8. The third-order valence-electron chi connectivity index (χ3n) is 2.72. The van der Waals surface area contributed by atoms with E-state index in [2.05, 4.69) is 0 Å². The molecular weight excluding hydrogens is 245 g/mol. The first-order valence-electron chi connectivity index (χ1n) is 5.87. The van der Waals surface area contributed by atoms with E-state index in [1.165, 1.54) is 18.2 Å². The van der Waals surface area contributed by atoms with Gasteiger partial charge < -0.3 is 9.84 Å². The lowest BCUT2D eigenvalue weighted by Crippen LogP contribution is -2.24. The molecule has 0 aliphatic carbocycles. The van der Waals surface area contributed by atoms with E-state index in [-0.39, 0.29) is 5.56 Å². The van der Waals surface area contributed by atoms with Crippen LogP contribution in [0.5, 0.6) is 0 Å². The quantitative estimate of drug-likeness (QED) is 0.879. The molecule has 0 radical (unpaired) electrons. The van der Waals surface area contributed by atoms with Crippen LogP contribution in [0.15, 0.2) is 24.3 Å². The molecule has 0 saturated heterocycles. The van der Waals surface area contributed by atoms with Crippen molar-refractivity contribution in [3.8, 4) is 0 Å². The Bertz CT molecular complexity index is 377. The highest BCUT2D eigenvalue weighted by molar-refractivity contribution is 5.32. The first-order valence-corrected chi connectivity index (χ1v) is 5.87. The Balaban J connectivity index is 3.08. The molecule has 1 rings (SSSR count). The molecule has 0 aromatic heterocycles. The van der Waals surface area contributed by atoms with Crippen LogP contribution >= 0.6 is 0 Å². The Hall–Kier alpha value is -1.07.